The lowest BCUT2D eigenvalue weighted by atomic mass is 10.4. The van der Waals surface area contributed by atoms with E-state index in [2.05, 4.69) is 25.1 Å². The molecule has 0 amide bonds. The fourth-order valence-electron chi connectivity index (χ4n) is 1.96. The molecule has 0 atom stereocenters. The number of aromatic nitrogens is 5. The van der Waals surface area contributed by atoms with Gasteiger partial charge in [0.2, 0.25) is 0 Å². The fraction of sp³-hybridized carbons (Fsp3) is 0.0769. The molecule has 4 heterocycles. The minimum Gasteiger partial charge on any atom is -0.410 e. The maximum atomic E-state index is 11.9. The number of nitrogens with one attached hydrogen (secondary N) is 2. The standard InChI is InChI=1S/C13H9N5O2S2/c19-11-10-7(3-5-21-10)15-9(16-11)6-22-13-18-17-12(20-13)8-2-1-4-14-8/h1-5,14H,6H2,(H,15,16,19). The van der Waals surface area contributed by atoms with Crippen LogP contribution in [0.15, 0.2) is 44.2 Å². The molecule has 0 aliphatic carbocycles. The summed E-state index contributed by atoms with van der Waals surface area (Å²) in [7, 11) is 0. The summed E-state index contributed by atoms with van der Waals surface area (Å²) in [5.41, 5.74) is 1.36. The second-order valence-electron chi connectivity index (χ2n) is 4.39. The summed E-state index contributed by atoms with van der Waals surface area (Å²) in [4.78, 5) is 22.1. The highest BCUT2D eigenvalue weighted by atomic mass is 32.2. The van der Waals surface area contributed by atoms with Crippen LogP contribution in [0.1, 0.15) is 5.82 Å². The lowest BCUT2D eigenvalue weighted by Crippen LogP contribution is -2.09. The Morgan fingerprint density at radius 3 is 3.14 bits per heavy atom. The van der Waals surface area contributed by atoms with Crippen molar-refractivity contribution in [3.8, 4) is 11.6 Å². The predicted octanol–water partition coefficient (Wildman–Crippen LogP) is 2.66. The van der Waals surface area contributed by atoms with Gasteiger partial charge in [0, 0.05) is 6.20 Å². The minimum absolute atomic E-state index is 0.117. The Morgan fingerprint density at radius 1 is 1.32 bits per heavy atom. The van der Waals surface area contributed by atoms with Gasteiger partial charge in [-0.15, -0.1) is 21.5 Å². The van der Waals surface area contributed by atoms with E-state index < -0.39 is 0 Å². The molecule has 4 rings (SSSR count). The van der Waals surface area contributed by atoms with E-state index in [-0.39, 0.29) is 5.56 Å². The van der Waals surface area contributed by atoms with Crippen molar-refractivity contribution >= 4 is 33.3 Å². The second kappa shape index (κ2) is 5.43. The molecule has 0 aliphatic heterocycles. The lowest BCUT2D eigenvalue weighted by molar-refractivity contribution is 0.464. The summed E-state index contributed by atoms with van der Waals surface area (Å²) in [5.74, 6) is 1.47. The van der Waals surface area contributed by atoms with Crippen molar-refractivity contribution in [1.82, 2.24) is 25.1 Å². The first kappa shape index (κ1) is 13.3. The van der Waals surface area contributed by atoms with Crippen LogP contribution in [0.5, 0.6) is 0 Å². The van der Waals surface area contributed by atoms with Crippen LogP contribution < -0.4 is 5.56 Å². The zero-order chi connectivity index (χ0) is 14.9. The maximum absolute atomic E-state index is 11.9. The van der Waals surface area contributed by atoms with E-state index in [9.17, 15) is 4.79 Å². The lowest BCUT2D eigenvalue weighted by Gasteiger charge is -1.98. The molecular weight excluding hydrogens is 322 g/mol. The van der Waals surface area contributed by atoms with Crippen LogP contribution >= 0.6 is 23.1 Å². The molecule has 4 aromatic heterocycles. The molecule has 0 aromatic carbocycles. The molecule has 0 bridgehead atoms. The Labute approximate surface area is 131 Å². The van der Waals surface area contributed by atoms with Crippen LogP contribution in [0.2, 0.25) is 0 Å². The minimum atomic E-state index is -0.117. The first-order valence-corrected chi connectivity index (χ1v) is 8.22. The molecule has 0 saturated heterocycles. The summed E-state index contributed by atoms with van der Waals surface area (Å²) < 4.78 is 6.18. The van der Waals surface area contributed by atoms with Gasteiger partial charge in [-0.05, 0) is 23.6 Å². The van der Waals surface area contributed by atoms with Crippen LogP contribution in [0.4, 0.5) is 0 Å². The van der Waals surface area contributed by atoms with Gasteiger partial charge in [0.1, 0.15) is 16.2 Å². The van der Waals surface area contributed by atoms with Gasteiger partial charge in [-0.1, -0.05) is 11.8 Å². The second-order valence-corrected chi connectivity index (χ2v) is 6.24. The molecule has 0 fully saturated rings. The van der Waals surface area contributed by atoms with Crippen LogP contribution in [0, 0.1) is 0 Å². The normalized spacial score (nSPS) is 11.3. The van der Waals surface area contributed by atoms with Gasteiger partial charge in [0.15, 0.2) is 0 Å². The van der Waals surface area contributed by atoms with E-state index in [0.29, 0.717) is 32.9 Å². The van der Waals surface area contributed by atoms with Crippen LogP contribution in [-0.4, -0.2) is 25.1 Å². The summed E-state index contributed by atoms with van der Waals surface area (Å²) in [6.07, 6.45) is 1.79. The van der Waals surface area contributed by atoms with Crippen molar-refractivity contribution in [2.24, 2.45) is 0 Å². The van der Waals surface area contributed by atoms with Crippen molar-refractivity contribution in [3.63, 3.8) is 0 Å². The monoisotopic (exact) mass is 331 g/mol. The van der Waals surface area contributed by atoms with Gasteiger partial charge in [0.05, 0.1) is 11.3 Å². The number of fused-ring (bicyclic) bond motifs is 1. The van der Waals surface area contributed by atoms with E-state index in [1.54, 1.807) is 6.20 Å². The highest BCUT2D eigenvalue weighted by molar-refractivity contribution is 7.98. The number of rotatable bonds is 4. The van der Waals surface area contributed by atoms with E-state index >= 15 is 0 Å². The van der Waals surface area contributed by atoms with Crippen molar-refractivity contribution in [3.05, 3.63) is 46.0 Å². The topological polar surface area (TPSA) is 100 Å². The molecule has 0 unspecified atom stereocenters. The van der Waals surface area contributed by atoms with Gasteiger partial charge < -0.3 is 14.4 Å². The summed E-state index contributed by atoms with van der Waals surface area (Å²) in [5, 5.41) is 10.2. The fourth-order valence-corrected chi connectivity index (χ4v) is 3.32. The van der Waals surface area contributed by atoms with Gasteiger partial charge in [0.25, 0.3) is 16.7 Å². The molecule has 22 heavy (non-hydrogen) atoms. The van der Waals surface area contributed by atoms with Gasteiger partial charge in [-0.25, -0.2) is 4.98 Å². The van der Waals surface area contributed by atoms with Crippen LogP contribution in [-0.2, 0) is 5.75 Å². The number of nitrogens with zero attached hydrogens (tertiary/aromatic N) is 3. The Hall–Kier alpha value is -2.39. The third kappa shape index (κ3) is 2.44. The van der Waals surface area contributed by atoms with E-state index in [1.807, 2.05) is 23.6 Å². The maximum Gasteiger partial charge on any atom is 0.277 e. The molecule has 9 heteroatoms. The quantitative estimate of drug-likeness (QED) is 0.558. The number of H-pyrrole nitrogens is 2. The Morgan fingerprint density at radius 2 is 2.27 bits per heavy atom. The smallest absolute Gasteiger partial charge is 0.277 e. The molecule has 0 aliphatic rings. The van der Waals surface area contributed by atoms with Gasteiger partial charge >= 0.3 is 0 Å². The molecule has 4 aromatic rings. The summed E-state index contributed by atoms with van der Waals surface area (Å²) in [6, 6.07) is 5.54. The van der Waals surface area contributed by atoms with E-state index in [1.165, 1.54) is 23.1 Å². The highest BCUT2D eigenvalue weighted by Crippen LogP contribution is 2.24. The molecule has 7 nitrogen and oxygen atoms in total. The average molecular weight is 331 g/mol. The molecule has 0 saturated carbocycles. The first-order chi connectivity index (χ1) is 10.8. The van der Waals surface area contributed by atoms with E-state index in [0.717, 1.165) is 5.69 Å². The molecule has 2 N–H and O–H groups in total. The predicted molar refractivity (Wildman–Crippen MR) is 83.9 cm³/mol. The number of thioether (sulfide) groups is 1. The first-order valence-electron chi connectivity index (χ1n) is 6.36. The van der Waals surface area contributed by atoms with Crippen LogP contribution in [0.25, 0.3) is 21.8 Å². The van der Waals surface area contributed by atoms with Crippen molar-refractivity contribution < 1.29 is 4.42 Å². The number of thiophene rings is 1. The van der Waals surface area contributed by atoms with Gasteiger partial charge in [-0.3, -0.25) is 4.79 Å². The molecule has 110 valence electrons. The molecule has 0 radical (unpaired) electrons. The average Bonchev–Trinajstić information content (AvgIpc) is 3.25. The summed E-state index contributed by atoms with van der Waals surface area (Å²) >= 11 is 2.71. The highest BCUT2D eigenvalue weighted by Gasteiger charge is 2.11. The Bertz CT molecular complexity index is 970. The number of hydrogen-bond donors (Lipinski definition) is 2. The Balaban J connectivity index is 1.53. The van der Waals surface area contributed by atoms with Crippen molar-refractivity contribution in [2.45, 2.75) is 11.0 Å². The zero-order valence-corrected chi connectivity index (χ0v) is 12.7. The largest absolute Gasteiger partial charge is 0.410 e. The van der Waals surface area contributed by atoms with Crippen molar-refractivity contribution in [1.29, 1.82) is 0 Å². The summed E-state index contributed by atoms with van der Waals surface area (Å²) in [6.45, 7) is 0. The van der Waals surface area contributed by atoms with Gasteiger partial charge in [-0.2, -0.15) is 0 Å². The SMILES string of the molecule is O=c1[nH]c(CSc2nnc(-c3ccc[nH]3)o2)nc2ccsc12. The third-order valence-corrected chi connectivity index (χ3v) is 4.66. The third-order valence-electron chi connectivity index (χ3n) is 2.93. The van der Waals surface area contributed by atoms with Crippen molar-refractivity contribution in [2.75, 3.05) is 0 Å². The zero-order valence-electron chi connectivity index (χ0n) is 11.1. The van der Waals surface area contributed by atoms with E-state index in [4.69, 9.17) is 4.42 Å². The number of hydrogen-bond acceptors (Lipinski definition) is 7. The molecule has 0 spiro atoms. The molecular formula is C13H9N5O2S2. The van der Waals surface area contributed by atoms with Crippen LogP contribution in [0.3, 0.4) is 0 Å². The number of aromatic amines is 2. The Kier molecular flexibility index (Phi) is 3.28.